The van der Waals surface area contributed by atoms with Gasteiger partial charge in [0.05, 0.1) is 5.52 Å². The van der Waals surface area contributed by atoms with E-state index in [1.165, 1.54) is 12.1 Å². The van der Waals surface area contributed by atoms with Crippen LogP contribution in [-0.2, 0) is 0 Å². The normalized spacial score (nSPS) is 11.1. The van der Waals surface area contributed by atoms with Gasteiger partial charge in [-0.05, 0) is 46.6 Å². The summed E-state index contributed by atoms with van der Waals surface area (Å²) in [5.41, 5.74) is 2.90. The van der Waals surface area contributed by atoms with Crippen molar-refractivity contribution in [2.75, 3.05) is 0 Å². The molecule has 0 fully saturated rings. The summed E-state index contributed by atoms with van der Waals surface area (Å²) in [7, 11) is 0. The van der Waals surface area contributed by atoms with E-state index in [0.29, 0.717) is 0 Å². The van der Waals surface area contributed by atoms with Gasteiger partial charge in [-0.15, -0.1) is 0 Å². The van der Waals surface area contributed by atoms with Gasteiger partial charge < -0.3 is 0 Å². The molecule has 0 saturated heterocycles. The molecular weight excluding hydrogens is 295 g/mol. The van der Waals surface area contributed by atoms with Gasteiger partial charge in [-0.1, -0.05) is 18.2 Å². The first kappa shape index (κ1) is 11.4. The first-order valence-corrected chi connectivity index (χ1v) is 6.35. The maximum absolute atomic E-state index is 13.3. The molecule has 1 aromatic carbocycles. The van der Waals surface area contributed by atoms with Gasteiger partial charge in [0, 0.05) is 11.8 Å². The predicted molar refractivity (Wildman–Crippen MR) is 73.0 cm³/mol. The summed E-state index contributed by atoms with van der Waals surface area (Å²) in [6, 6.07) is 10.4. The van der Waals surface area contributed by atoms with Crippen LogP contribution in [0.1, 0.15) is 5.56 Å². The van der Waals surface area contributed by atoms with Gasteiger partial charge in [0.1, 0.15) is 16.2 Å². The number of aromatic nitrogens is 2. The molecule has 0 spiro atoms. The summed E-state index contributed by atoms with van der Waals surface area (Å²) in [5, 5.41) is 0. The number of fused-ring (bicyclic) bond motifs is 1. The molecule has 0 atom stereocenters. The molecule has 90 valence electrons. The smallest absolute Gasteiger partial charge is 0.146 e. The van der Waals surface area contributed by atoms with Crippen molar-refractivity contribution >= 4 is 21.4 Å². The van der Waals surface area contributed by atoms with Crippen LogP contribution in [0.2, 0.25) is 0 Å². The Morgan fingerprint density at radius 2 is 2.06 bits per heavy atom. The van der Waals surface area contributed by atoms with Crippen LogP contribution in [0, 0.1) is 12.7 Å². The minimum Gasteiger partial charge on any atom is -0.298 e. The fourth-order valence-electron chi connectivity index (χ4n) is 2.09. The van der Waals surface area contributed by atoms with E-state index in [4.69, 9.17) is 0 Å². The molecule has 0 aliphatic heterocycles. The molecule has 2 heterocycles. The number of pyridine rings is 1. The fourth-order valence-corrected chi connectivity index (χ4v) is 2.76. The van der Waals surface area contributed by atoms with Gasteiger partial charge >= 0.3 is 0 Å². The molecule has 0 aliphatic carbocycles. The third kappa shape index (κ3) is 1.73. The van der Waals surface area contributed by atoms with Crippen molar-refractivity contribution in [2.45, 2.75) is 6.92 Å². The standard InChI is InChI=1S/C14H10BrFN2/c1-9-4-3-7-18-12(9)13(15)17-14(18)10-5-2-6-11(16)8-10/h2-8H,1H3. The van der Waals surface area contributed by atoms with Crippen molar-refractivity contribution in [3.05, 3.63) is 58.6 Å². The van der Waals surface area contributed by atoms with Gasteiger partial charge in [-0.2, -0.15) is 0 Å². The van der Waals surface area contributed by atoms with Gasteiger partial charge in [0.2, 0.25) is 0 Å². The molecule has 3 aromatic rings. The maximum Gasteiger partial charge on any atom is 0.146 e. The first-order chi connectivity index (χ1) is 8.66. The highest BCUT2D eigenvalue weighted by atomic mass is 79.9. The zero-order valence-corrected chi connectivity index (χ0v) is 11.3. The van der Waals surface area contributed by atoms with Crippen molar-refractivity contribution in [3.63, 3.8) is 0 Å². The second-order valence-electron chi connectivity index (χ2n) is 4.15. The Bertz CT molecular complexity index is 734. The molecule has 18 heavy (non-hydrogen) atoms. The highest BCUT2D eigenvalue weighted by Crippen LogP contribution is 2.28. The molecule has 0 amide bonds. The SMILES string of the molecule is Cc1cccn2c(-c3cccc(F)c3)nc(Br)c12. The number of hydrogen-bond acceptors (Lipinski definition) is 1. The minimum atomic E-state index is -0.256. The number of halogens is 2. The highest BCUT2D eigenvalue weighted by molar-refractivity contribution is 9.10. The van der Waals surface area contributed by atoms with Crippen molar-refractivity contribution in [2.24, 2.45) is 0 Å². The van der Waals surface area contributed by atoms with E-state index in [9.17, 15) is 4.39 Å². The summed E-state index contributed by atoms with van der Waals surface area (Å²) >= 11 is 3.46. The molecule has 0 bridgehead atoms. The van der Waals surface area contributed by atoms with Crippen LogP contribution in [0.25, 0.3) is 16.9 Å². The molecule has 0 aliphatic rings. The van der Waals surface area contributed by atoms with E-state index >= 15 is 0 Å². The van der Waals surface area contributed by atoms with Crippen molar-refractivity contribution in [1.29, 1.82) is 0 Å². The number of rotatable bonds is 1. The van der Waals surface area contributed by atoms with Crippen molar-refractivity contribution in [3.8, 4) is 11.4 Å². The highest BCUT2D eigenvalue weighted by Gasteiger charge is 2.12. The van der Waals surface area contributed by atoms with Crippen molar-refractivity contribution < 1.29 is 4.39 Å². The molecule has 0 radical (unpaired) electrons. The van der Waals surface area contributed by atoms with Gasteiger partial charge in [0.15, 0.2) is 0 Å². The molecular formula is C14H10BrFN2. The lowest BCUT2D eigenvalue weighted by Crippen LogP contribution is -1.90. The summed E-state index contributed by atoms with van der Waals surface area (Å²) < 4.78 is 16.0. The number of aryl methyl sites for hydroxylation is 1. The number of imidazole rings is 1. The van der Waals surface area contributed by atoms with E-state index < -0.39 is 0 Å². The van der Waals surface area contributed by atoms with E-state index in [2.05, 4.69) is 20.9 Å². The average molecular weight is 305 g/mol. The fraction of sp³-hybridized carbons (Fsp3) is 0.0714. The maximum atomic E-state index is 13.3. The summed E-state index contributed by atoms with van der Waals surface area (Å²) in [6.45, 7) is 2.02. The second kappa shape index (κ2) is 4.21. The molecule has 0 saturated carbocycles. The van der Waals surface area contributed by atoms with E-state index in [1.807, 2.05) is 35.7 Å². The molecule has 0 unspecified atom stereocenters. The Hall–Kier alpha value is -1.68. The summed E-state index contributed by atoms with van der Waals surface area (Å²) in [4.78, 5) is 4.47. The van der Waals surface area contributed by atoms with Crippen LogP contribution >= 0.6 is 15.9 Å². The molecule has 2 nitrogen and oxygen atoms in total. The van der Waals surface area contributed by atoms with Crippen LogP contribution in [-0.4, -0.2) is 9.38 Å². The second-order valence-corrected chi connectivity index (χ2v) is 4.90. The Morgan fingerprint density at radius 3 is 2.83 bits per heavy atom. The number of nitrogens with zero attached hydrogens (tertiary/aromatic N) is 2. The Kier molecular flexibility index (Phi) is 2.67. The predicted octanol–water partition coefficient (Wildman–Crippen LogP) is 4.21. The van der Waals surface area contributed by atoms with Gasteiger partial charge in [0.25, 0.3) is 0 Å². The Balaban J connectivity index is 2.34. The third-order valence-corrected chi connectivity index (χ3v) is 3.46. The first-order valence-electron chi connectivity index (χ1n) is 5.56. The third-order valence-electron chi connectivity index (χ3n) is 2.91. The Labute approximate surface area is 112 Å². The largest absolute Gasteiger partial charge is 0.298 e. The topological polar surface area (TPSA) is 17.3 Å². The van der Waals surface area contributed by atoms with E-state index in [-0.39, 0.29) is 5.82 Å². The number of benzene rings is 1. The molecule has 2 aromatic heterocycles. The lowest BCUT2D eigenvalue weighted by atomic mass is 10.2. The zero-order valence-electron chi connectivity index (χ0n) is 9.69. The van der Waals surface area contributed by atoms with Gasteiger partial charge in [-0.25, -0.2) is 9.37 Å². The van der Waals surface area contributed by atoms with Gasteiger partial charge in [-0.3, -0.25) is 4.40 Å². The Morgan fingerprint density at radius 1 is 1.22 bits per heavy atom. The quantitative estimate of drug-likeness (QED) is 0.658. The monoisotopic (exact) mass is 304 g/mol. The summed E-state index contributed by atoms with van der Waals surface area (Å²) in [5.74, 6) is 0.480. The lowest BCUT2D eigenvalue weighted by molar-refractivity contribution is 0.628. The molecule has 4 heteroatoms. The average Bonchev–Trinajstić information content (AvgIpc) is 2.68. The van der Waals surface area contributed by atoms with Crippen LogP contribution in [0.5, 0.6) is 0 Å². The van der Waals surface area contributed by atoms with E-state index in [0.717, 1.165) is 27.1 Å². The molecule has 3 rings (SSSR count). The summed E-state index contributed by atoms with van der Waals surface area (Å²) in [6.07, 6.45) is 1.93. The van der Waals surface area contributed by atoms with E-state index in [1.54, 1.807) is 6.07 Å². The number of hydrogen-bond donors (Lipinski definition) is 0. The zero-order chi connectivity index (χ0) is 12.7. The molecule has 0 N–H and O–H groups in total. The lowest BCUT2D eigenvalue weighted by Gasteiger charge is -2.02. The minimum absolute atomic E-state index is 0.256. The van der Waals surface area contributed by atoms with Crippen LogP contribution in [0.4, 0.5) is 4.39 Å². The van der Waals surface area contributed by atoms with Crippen LogP contribution in [0.3, 0.4) is 0 Å². The van der Waals surface area contributed by atoms with Crippen LogP contribution in [0.15, 0.2) is 47.2 Å². The van der Waals surface area contributed by atoms with Crippen molar-refractivity contribution in [1.82, 2.24) is 9.38 Å². The van der Waals surface area contributed by atoms with Crippen LogP contribution < -0.4 is 0 Å².